The Hall–Kier alpha value is -2.39. The Balaban J connectivity index is 1.43. The summed E-state index contributed by atoms with van der Waals surface area (Å²) in [6.07, 6.45) is 2.86. The quantitative estimate of drug-likeness (QED) is 0.427. The van der Waals surface area contributed by atoms with Crippen molar-refractivity contribution >= 4 is 51.0 Å². The molecule has 2 aliphatic heterocycles. The highest BCUT2D eigenvalue weighted by atomic mass is 127. The number of fused-ring (bicyclic) bond motifs is 3. The van der Waals surface area contributed by atoms with Crippen molar-refractivity contribution in [3.63, 3.8) is 0 Å². The summed E-state index contributed by atoms with van der Waals surface area (Å²) in [6.45, 7) is 2.21. The molecule has 7 heteroatoms. The molecule has 2 atom stereocenters. The zero-order valence-corrected chi connectivity index (χ0v) is 18.1. The van der Waals surface area contributed by atoms with Crippen molar-refractivity contribution in [3.05, 3.63) is 62.0 Å². The summed E-state index contributed by atoms with van der Waals surface area (Å²) in [4.78, 5) is 24.1. The normalized spacial score (nSPS) is 21.7. The standard InChI is InChI=1S/C22H21IN4O2/c1-26-11-17-9-16(26)12-27(17)15-5-3-14(4-6-15)24-10-20-19-8-13(23)2-7-18(19)21(28)25-22(20)29/h2-8,10,16-17H,9,11-12H2,1H3,(H2,25,28,29). The lowest BCUT2D eigenvalue weighted by atomic mass is 10.1. The highest BCUT2D eigenvalue weighted by Gasteiger charge is 2.41. The monoisotopic (exact) mass is 500 g/mol. The summed E-state index contributed by atoms with van der Waals surface area (Å²) in [6, 6.07) is 15.0. The molecule has 5 rings (SSSR count). The van der Waals surface area contributed by atoms with Crippen LogP contribution < -0.4 is 10.5 Å². The van der Waals surface area contributed by atoms with Gasteiger partial charge in [-0.1, -0.05) is 0 Å². The smallest absolute Gasteiger partial charge is 0.258 e. The Bertz CT molecular complexity index is 1170. The van der Waals surface area contributed by atoms with Gasteiger partial charge in [0.05, 0.1) is 11.3 Å². The average molecular weight is 500 g/mol. The maximum atomic E-state index is 12.1. The van der Waals surface area contributed by atoms with Crippen LogP contribution in [0.2, 0.25) is 0 Å². The molecule has 2 fully saturated rings. The van der Waals surface area contributed by atoms with E-state index in [0.717, 1.165) is 22.3 Å². The molecule has 2 aromatic carbocycles. The van der Waals surface area contributed by atoms with Gasteiger partial charge < -0.3 is 10.0 Å². The fourth-order valence-corrected chi connectivity index (χ4v) is 4.98. The lowest BCUT2D eigenvalue weighted by Gasteiger charge is -2.33. The number of likely N-dealkylation sites (N-methyl/N-ethyl adjacent to an activating group) is 1. The molecule has 148 valence electrons. The summed E-state index contributed by atoms with van der Waals surface area (Å²) in [5, 5.41) is 11.5. The third kappa shape index (κ3) is 3.32. The van der Waals surface area contributed by atoms with Crippen LogP contribution in [-0.4, -0.2) is 53.4 Å². The molecular formula is C22H21IN4O2. The number of rotatable bonds is 3. The zero-order chi connectivity index (χ0) is 20.1. The van der Waals surface area contributed by atoms with Gasteiger partial charge in [0, 0.05) is 51.4 Å². The van der Waals surface area contributed by atoms with Crippen LogP contribution in [-0.2, 0) is 0 Å². The minimum atomic E-state index is -0.305. The summed E-state index contributed by atoms with van der Waals surface area (Å²) >= 11 is 2.19. The van der Waals surface area contributed by atoms with Crippen LogP contribution in [0.15, 0.2) is 52.3 Å². The predicted molar refractivity (Wildman–Crippen MR) is 125 cm³/mol. The zero-order valence-electron chi connectivity index (χ0n) is 16.0. The number of pyridine rings is 1. The number of hydrogen-bond donors (Lipinski definition) is 2. The van der Waals surface area contributed by atoms with E-state index >= 15 is 0 Å². The van der Waals surface area contributed by atoms with Gasteiger partial charge >= 0.3 is 0 Å². The van der Waals surface area contributed by atoms with Crippen LogP contribution in [0.4, 0.5) is 11.4 Å². The first-order valence-electron chi connectivity index (χ1n) is 9.65. The van der Waals surface area contributed by atoms with Gasteiger partial charge in [0.25, 0.3) is 5.56 Å². The van der Waals surface area contributed by atoms with E-state index in [-0.39, 0.29) is 11.4 Å². The number of aromatic hydroxyl groups is 1. The number of aliphatic imine (C=N–C) groups is 1. The fourth-order valence-electron chi connectivity index (χ4n) is 4.49. The van der Waals surface area contributed by atoms with E-state index in [0.29, 0.717) is 28.4 Å². The summed E-state index contributed by atoms with van der Waals surface area (Å²) in [7, 11) is 2.21. The van der Waals surface area contributed by atoms with Crippen molar-refractivity contribution in [3.8, 4) is 5.88 Å². The van der Waals surface area contributed by atoms with Crippen LogP contribution in [0.25, 0.3) is 10.8 Å². The number of anilines is 1. The molecule has 2 unspecified atom stereocenters. The minimum absolute atomic E-state index is 0.165. The average Bonchev–Trinajstić information content (AvgIpc) is 3.27. The number of halogens is 1. The summed E-state index contributed by atoms with van der Waals surface area (Å²) < 4.78 is 0.990. The van der Waals surface area contributed by atoms with Crippen molar-refractivity contribution in [2.24, 2.45) is 4.99 Å². The maximum absolute atomic E-state index is 12.1. The van der Waals surface area contributed by atoms with E-state index in [9.17, 15) is 9.90 Å². The number of benzene rings is 2. The van der Waals surface area contributed by atoms with Crippen molar-refractivity contribution < 1.29 is 5.11 Å². The molecule has 2 aliphatic rings. The molecule has 2 N–H and O–H groups in total. The van der Waals surface area contributed by atoms with Crippen LogP contribution >= 0.6 is 22.6 Å². The number of hydrogen-bond acceptors (Lipinski definition) is 5. The van der Waals surface area contributed by atoms with Gasteiger partial charge in [0.1, 0.15) is 0 Å². The molecule has 29 heavy (non-hydrogen) atoms. The number of nitrogens with one attached hydrogen (secondary N) is 1. The molecular weight excluding hydrogens is 479 g/mol. The van der Waals surface area contributed by atoms with Gasteiger partial charge in [0.15, 0.2) is 0 Å². The maximum Gasteiger partial charge on any atom is 0.258 e. The fraction of sp³-hybridized carbons (Fsp3) is 0.273. The Morgan fingerprint density at radius 1 is 1.14 bits per heavy atom. The van der Waals surface area contributed by atoms with Gasteiger partial charge in [-0.25, -0.2) is 0 Å². The number of piperazine rings is 1. The minimum Gasteiger partial charge on any atom is -0.494 e. The van der Waals surface area contributed by atoms with E-state index in [4.69, 9.17) is 0 Å². The highest BCUT2D eigenvalue weighted by molar-refractivity contribution is 14.1. The second-order valence-corrected chi connectivity index (χ2v) is 9.06. The Labute approximate surface area is 182 Å². The van der Waals surface area contributed by atoms with Crippen molar-refractivity contribution in [2.75, 3.05) is 25.0 Å². The molecule has 6 nitrogen and oxygen atoms in total. The second-order valence-electron chi connectivity index (χ2n) is 7.82. The van der Waals surface area contributed by atoms with Gasteiger partial charge in [-0.05, 0) is 78.5 Å². The van der Waals surface area contributed by atoms with Gasteiger partial charge in [0.2, 0.25) is 5.88 Å². The van der Waals surface area contributed by atoms with Crippen LogP contribution in [0.3, 0.4) is 0 Å². The van der Waals surface area contributed by atoms with E-state index in [2.05, 4.69) is 61.5 Å². The Morgan fingerprint density at radius 3 is 2.62 bits per heavy atom. The predicted octanol–water partition coefficient (Wildman–Crippen LogP) is 3.48. The van der Waals surface area contributed by atoms with Crippen LogP contribution in [0.5, 0.6) is 5.88 Å². The molecule has 0 saturated carbocycles. The first-order valence-corrected chi connectivity index (χ1v) is 10.7. The lowest BCUT2D eigenvalue weighted by molar-refractivity contribution is 0.292. The SMILES string of the molecule is CN1CC2CC1CN2c1ccc(N=Cc2c(O)[nH]c(=O)c3ccc(I)cc23)cc1. The summed E-state index contributed by atoms with van der Waals surface area (Å²) in [5.41, 5.74) is 2.25. The molecule has 3 heterocycles. The van der Waals surface area contributed by atoms with E-state index < -0.39 is 0 Å². The van der Waals surface area contributed by atoms with Gasteiger partial charge in [-0.15, -0.1) is 0 Å². The largest absolute Gasteiger partial charge is 0.494 e. The third-order valence-electron chi connectivity index (χ3n) is 6.04. The van der Waals surface area contributed by atoms with Crippen LogP contribution in [0, 0.1) is 3.57 Å². The lowest BCUT2D eigenvalue weighted by Crippen LogP contribution is -2.44. The number of aromatic amines is 1. The van der Waals surface area contributed by atoms with Crippen molar-refractivity contribution in [1.29, 1.82) is 0 Å². The van der Waals surface area contributed by atoms with Crippen molar-refractivity contribution in [1.82, 2.24) is 9.88 Å². The molecule has 2 bridgehead atoms. The first-order chi connectivity index (χ1) is 14.0. The Morgan fingerprint density at radius 2 is 1.93 bits per heavy atom. The highest BCUT2D eigenvalue weighted by Crippen LogP contribution is 2.34. The molecule has 1 aromatic heterocycles. The molecule has 0 spiro atoms. The second kappa shape index (κ2) is 7.14. The number of H-pyrrole nitrogens is 1. The topological polar surface area (TPSA) is 71.9 Å². The molecule has 2 saturated heterocycles. The molecule has 0 radical (unpaired) electrons. The Kier molecular flexibility index (Phi) is 4.59. The summed E-state index contributed by atoms with van der Waals surface area (Å²) in [5.74, 6) is -0.165. The van der Waals surface area contributed by atoms with Gasteiger partial charge in [-0.3, -0.25) is 19.7 Å². The van der Waals surface area contributed by atoms with E-state index in [1.54, 1.807) is 12.3 Å². The number of likely N-dealkylation sites (tertiary alicyclic amines) is 1. The van der Waals surface area contributed by atoms with Crippen LogP contribution in [0.1, 0.15) is 12.0 Å². The molecule has 0 amide bonds. The van der Waals surface area contributed by atoms with E-state index in [1.807, 2.05) is 24.3 Å². The number of aromatic nitrogens is 1. The first kappa shape index (κ1) is 18.6. The van der Waals surface area contributed by atoms with E-state index in [1.165, 1.54) is 12.1 Å². The molecule has 0 aliphatic carbocycles. The van der Waals surface area contributed by atoms with Gasteiger partial charge in [-0.2, -0.15) is 0 Å². The third-order valence-corrected chi connectivity index (χ3v) is 6.71. The van der Waals surface area contributed by atoms with Crippen molar-refractivity contribution in [2.45, 2.75) is 18.5 Å². The molecule has 3 aromatic rings. The number of nitrogens with zero attached hydrogens (tertiary/aromatic N) is 3.